The molecule has 2 heteroatoms. The maximum absolute atomic E-state index is 5.18. The number of nitrogens with one attached hydrogen (secondary N) is 1. The summed E-state index contributed by atoms with van der Waals surface area (Å²) in [5, 5.41) is 3.42. The number of benzene rings is 1. The lowest BCUT2D eigenvalue weighted by Crippen LogP contribution is -2.27. The van der Waals surface area contributed by atoms with Crippen LogP contribution in [0.3, 0.4) is 0 Å². The summed E-state index contributed by atoms with van der Waals surface area (Å²) in [7, 11) is 3.76. The first-order chi connectivity index (χ1) is 9.30. The van der Waals surface area contributed by atoms with E-state index in [2.05, 4.69) is 31.1 Å². The zero-order chi connectivity index (χ0) is 13.9. The second kappa shape index (κ2) is 9.62. The van der Waals surface area contributed by atoms with E-state index in [1.807, 2.05) is 18.2 Å². The second-order valence-electron chi connectivity index (χ2n) is 4.96. The van der Waals surface area contributed by atoms with Crippen molar-refractivity contribution in [3.63, 3.8) is 0 Å². The molecule has 2 nitrogen and oxygen atoms in total. The highest BCUT2D eigenvalue weighted by Crippen LogP contribution is 2.15. The Labute approximate surface area is 117 Å². The van der Waals surface area contributed by atoms with Crippen LogP contribution >= 0.6 is 0 Å². The lowest BCUT2D eigenvalue weighted by Gasteiger charge is -2.16. The van der Waals surface area contributed by atoms with Crippen molar-refractivity contribution in [1.82, 2.24) is 5.32 Å². The molecule has 0 heterocycles. The maximum atomic E-state index is 5.18. The third-order valence-corrected chi connectivity index (χ3v) is 3.51. The van der Waals surface area contributed by atoms with Gasteiger partial charge in [-0.2, -0.15) is 0 Å². The fraction of sp³-hybridized carbons (Fsp3) is 0.529. The minimum Gasteiger partial charge on any atom is -0.497 e. The summed E-state index contributed by atoms with van der Waals surface area (Å²) < 4.78 is 5.18. The predicted octanol–water partition coefficient (Wildman–Crippen LogP) is 3.96. The van der Waals surface area contributed by atoms with Crippen LogP contribution < -0.4 is 10.1 Å². The smallest absolute Gasteiger partial charge is 0.118 e. The highest BCUT2D eigenvalue weighted by molar-refractivity contribution is 5.27. The third kappa shape index (κ3) is 6.44. The van der Waals surface area contributed by atoms with Gasteiger partial charge in [-0.15, -0.1) is 6.58 Å². The zero-order valence-electron chi connectivity index (χ0n) is 12.3. The molecule has 0 aliphatic rings. The number of ether oxygens (including phenoxy) is 1. The molecule has 0 saturated carbocycles. The van der Waals surface area contributed by atoms with Gasteiger partial charge in [-0.05, 0) is 50.4 Å². The molecule has 0 bridgehead atoms. The molecular formula is C17H27NO. The number of hydrogen-bond donors (Lipinski definition) is 1. The molecule has 0 saturated heterocycles. The molecule has 0 amide bonds. The maximum Gasteiger partial charge on any atom is 0.118 e. The fourth-order valence-electron chi connectivity index (χ4n) is 2.25. The molecule has 1 rings (SSSR count). The van der Waals surface area contributed by atoms with E-state index in [1.165, 1.54) is 31.2 Å². The molecule has 0 fully saturated rings. The molecule has 106 valence electrons. The Hall–Kier alpha value is -1.28. The Morgan fingerprint density at radius 3 is 2.53 bits per heavy atom. The second-order valence-corrected chi connectivity index (χ2v) is 4.96. The number of allylic oxidation sites excluding steroid dienone is 1. The van der Waals surface area contributed by atoms with E-state index in [1.54, 1.807) is 7.11 Å². The molecular weight excluding hydrogens is 234 g/mol. The number of likely N-dealkylation sites (N-methyl/N-ethyl adjacent to an activating group) is 1. The summed E-state index contributed by atoms with van der Waals surface area (Å²) in [6.07, 6.45) is 9.32. The highest BCUT2D eigenvalue weighted by Gasteiger charge is 2.07. The topological polar surface area (TPSA) is 21.3 Å². The van der Waals surface area contributed by atoms with E-state index in [9.17, 15) is 0 Å². The van der Waals surface area contributed by atoms with Crippen molar-refractivity contribution >= 4 is 0 Å². The van der Waals surface area contributed by atoms with Gasteiger partial charge in [-0.3, -0.25) is 0 Å². The highest BCUT2D eigenvalue weighted by atomic mass is 16.5. The van der Waals surface area contributed by atoms with Crippen molar-refractivity contribution in [3.05, 3.63) is 42.5 Å². The average molecular weight is 261 g/mol. The number of methoxy groups -OCH3 is 1. The fourth-order valence-corrected chi connectivity index (χ4v) is 2.25. The van der Waals surface area contributed by atoms with Gasteiger partial charge < -0.3 is 10.1 Å². The van der Waals surface area contributed by atoms with Crippen molar-refractivity contribution in [2.24, 2.45) is 0 Å². The summed E-state index contributed by atoms with van der Waals surface area (Å²) in [5.74, 6) is 0.925. The average Bonchev–Trinajstić information content (AvgIpc) is 2.46. The van der Waals surface area contributed by atoms with Gasteiger partial charge in [0, 0.05) is 6.04 Å². The predicted molar refractivity (Wildman–Crippen MR) is 82.8 cm³/mol. The zero-order valence-corrected chi connectivity index (χ0v) is 12.3. The van der Waals surface area contributed by atoms with E-state index in [4.69, 9.17) is 4.74 Å². The van der Waals surface area contributed by atoms with Crippen LogP contribution in [0.4, 0.5) is 0 Å². The molecule has 1 unspecified atom stereocenters. The largest absolute Gasteiger partial charge is 0.497 e. The summed E-state index contributed by atoms with van der Waals surface area (Å²) in [6.45, 7) is 3.76. The van der Waals surface area contributed by atoms with Crippen molar-refractivity contribution < 1.29 is 4.74 Å². The normalized spacial score (nSPS) is 12.1. The summed E-state index contributed by atoms with van der Waals surface area (Å²) in [5.41, 5.74) is 1.37. The minimum atomic E-state index is 0.567. The first-order valence-corrected chi connectivity index (χ1v) is 7.21. The van der Waals surface area contributed by atoms with Gasteiger partial charge in [-0.1, -0.05) is 31.1 Å². The van der Waals surface area contributed by atoms with Crippen LogP contribution in [-0.4, -0.2) is 20.2 Å². The van der Waals surface area contributed by atoms with E-state index >= 15 is 0 Å². The van der Waals surface area contributed by atoms with Crippen LogP contribution in [0.25, 0.3) is 0 Å². The van der Waals surface area contributed by atoms with Crippen LogP contribution in [0, 0.1) is 0 Å². The number of hydrogen-bond acceptors (Lipinski definition) is 2. The quantitative estimate of drug-likeness (QED) is 0.508. The van der Waals surface area contributed by atoms with Crippen LogP contribution in [0.5, 0.6) is 5.75 Å². The summed E-state index contributed by atoms with van der Waals surface area (Å²) >= 11 is 0. The van der Waals surface area contributed by atoms with Gasteiger partial charge in [0.1, 0.15) is 5.75 Å². The molecule has 0 radical (unpaired) electrons. The van der Waals surface area contributed by atoms with Crippen molar-refractivity contribution in [2.75, 3.05) is 14.2 Å². The standard InChI is InChI=1S/C17H27NO/c1-4-5-6-7-8-9-16(18-2)14-15-10-12-17(19-3)13-11-15/h4,10-13,16,18H,1,5-9,14H2,2-3H3. The Kier molecular flexibility index (Phi) is 7.99. The first-order valence-electron chi connectivity index (χ1n) is 7.21. The van der Waals surface area contributed by atoms with Gasteiger partial charge in [0.25, 0.3) is 0 Å². The monoisotopic (exact) mass is 261 g/mol. The van der Waals surface area contributed by atoms with Crippen LogP contribution in [0.2, 0.25) is 0 Å². The Bertz CT molecular complexity index is 345. The molecule has 1 N–H and O–H groups in total. The molecule has 19 heavy (non-hydrogen) atoms. The van der Waals surface area contributed by atoms with Crippen LogP contribution in [0.15, 0.2) is 36.9 Å². The van der Waals surface area contributed by atoms with Gasteiger partial charge in [-0.25, -0.2) is 0 Å². The Balaban J connectivity index is 2.31. The van der Waals surface area contributed by atoms with E-state index < -0.39 is 0 Å². The van der Waals surface area contributed by atoms with E-state index in [-0.39, 0.29) is 0 Å². The molecule has 1 atom stereocenters. The van der Waals surface area contributed by atoms with Crippen LogP contribution in [-0.2, 0) is 6.42 Å². The van der Waals surface area contributed by atoms with E-state index in [0.29, 0.717) is 6.04 Å². The summed E-state index contributed by atoms with van der Waals surface area (Å²) in [6, 6.07) is 8.94. The van der Waals surface area contributed by atoms with Crippen LogP contribution in [0.1, 0.15) is 37.7 Å². The van der Waals surface area contributed by atoms with Gasteiger partial charge in [0.05, 0.1) is 7.11 Å². The lowest BCUT2D eigenvalue weighted by molar-refractivity contribution is 0.414. The van der Waals surface area contributed by atoms with Gasteiger partial charge in [0.2, 0.25) is 0 Å². The molecule has 0 aliphatic carbocycles. The number of rotatable bonds is 10. The van der Waals surface area contributed by atoms with Crippen molar-refractivity contribution in [3.8, 4) is 5.75 Å². The van der Waals surface area contributed by atoms with Crippen molar-refractivity contribution in [2.45, 2.75) is 44.6 Å². The van der Waals surface area contributed by atoms with Gasteiger partial charge in [0.15, 0.2) is 0 Å². The van der Waals surface area contributed by atoms with Crippen molar-refractivity contribution in [1.29, 1.82) is 0 Å². The number of unbranched alkanes of at least 4 members (excludes halogenated alkanes) is 3. The lowest BCUT2D eigenvalue weighted by atomic mass is 10.00. The Morgan fingerprint density at radius 1 is 1.21 bits per heavy atom. The third-order valence-electron chi connectivity index (χ3n) is 3.51. The molecule has 0 spiro atoms. The first kappa shape index (κ1) is 15.8. The molecule has 1 aromatic rings. The summed E-state index contributed by atoms with van der Waals surface area (Å²) in [4.78, 5) is 0. The molecule has 1 aromatic carbocycles. The van der Waals surface area contributed by atoms with E-state index in [0.717, 1.165) is 18.6 Å². The molecule has 0 aliphatic heterocycles. The minimum absolute atomic E-state index is 0.567. The van der Waals surface area contributed by atoms with Gasteiger partial charge >= 0.3 is 0 Å². The Morgan fingerprint density at radius 2 is 1.95 bits per heavy atom. The SMILES string of the molecule is C=CCCCCCC(Cc1ccc(OC)cc1)NC. The molecule has 0 aromatic heterocycles.